The average molecular weight is 725 g/mol. The fraction of sp³-hybridized carbons (Fsp3) is 0.378. The number of benzene rings is 2. The molecule has 5 atom stereocenters. The molecular formula is C37H40N8O6S. The molecule has 3 aliphatic rings. The number of aromatic nitrogens is 4. The van der Waals surface area contributed by atoms with Crippen molar-refractivity contribution in [2.45, 2.75) is 68.6 Å². The van der Waals surface area contributed by atoms with Gasteiger partial charge in [-0.25, -0.2) is 14.6 Å². The van der Waals surface area contributed by atoms with Crippen LogP contribution in [0.1, 0.15) is 51.0 Å². The number of carbonyl (C=O) groups excluding carboxylic acids is 3. The number of rotatable bonds is 7. The van der Waals surface area contributed by atoms with Gasteiger partial charge in [-0.3, -0.25) is 9.59 Å². The molecule has 1 aliphatic carbocycles. The second-order valence-corrected chi connectivity index (χ2v) is 14.2. The average Bonchev–Trinajstić information content (AvgIpc) is 3.60. The number of fused-ring (bicyclic) bond motifs is 2. The predicted molar refractivity (Wildman–Crippen MR) is 193 cm³/mol. The van der Waals surface area contributed by atoms with Gasteiger partial charge in [-0.15, -0.1) is 16.4 Å². The van der Waals surface area contributed by atoms with Crippen LogP contribution in [0.2, 0.25) is 0 Å². The van der Waals surface area contributed by atoms with Crippen LogP contribution in [0.15, 0.2) is 78.3 Å². The first-order valence-electron chi connectivity index (χ1n) is 17.4. The molecule has 2 aromatic carbocycles. The summed E-state index contributed by atoms with van der Waals surface area (Å²) in [4.78, 5) is 61.9. The molecule has 2 fully saturated rings. The number of hydrogen-bond acceptors (Lipinski definition) is 9. The summed E-state index contributed by atoms with van der Waals surface area (Å²) < 4.78 is 5.34. The largest absolute Gasteiger partial charge is 0.497 e. The van der Waals surface area contributed by atoms with Crippen molar-refractivity contribution in [3.8, 4) is 27.7 Å². The third-order valence-electron chi connectivity index (χ3n) is 9.93. The number of ether oxygens (including phenoxy) is 1. The molecule has 2 aliphatic heterocycles. The second-order valence-electron chi connectivity index (χ2n) is 13.3. The Morgan fingerprint density at radius 3 is 2.56 bits per heavy atom. The lowest BCUT2D eigenvalue weighted by Gasteiger charge is -2.29. The number of amides is 4. The highest BCUT2D eigenvalue weighted by molar-refractivity contribution is 7.13. The Morgan fingerprint density at radius 2 is 1.83 bits per heavy atom. The number of hydrogen-bond donors (Lipinski definition) is 4. The van der Waals surface area contributed by atoms with E-state index in [0.29, 0.717) is 40.7 Å². The molecule has 0 bridgehead atoms. The summed E-state index contributed by atoms with van der Waals surface area (Å²) in [6, 6.07) is 13.3. The van der Waals surface area contributed by atoms with Crippen molar-refractivity contribution in [2.24, 2.45) is 5.92 Å². The van der Waals surface area contributed by atoms with Crippen molar-refractivity contribution in [1.82, 2.24) is 35.5 Å². The van der Waals surface area contributed by atoms with E-state index in [4.69, 9.17) is 14.9 Å². The molecular weight excluding hydrogens is 685 g/mol. The SMILES string of the molecule is COc1ccc(-c2nn([C@@H]3C[C@H]4C(=O)N[C@@]5(C(=O)O)C[C@H]5C=CCCCCC[C@@H](NC(=O)Nc5ccccc5)C(=O)N4C3)nc2-c2nccs2)cc1. The lowest BCUT2D eigenvalue weighted by atomic mass is 10.0. The summed E-state index contributed by atoms with van der Waals surface area (Å²) in [6.45, 7) is 0.0623. The van der Waals surface area contributed by atoms with Crippen molar-refractivity contribution in [3.05, 3.63) is 78.3 Å². The molecule has 14 nitrogen and oxygen atoms in total. The van der Waals surface area contributed by atoms with E-state index in [-0.39, 0.29) is 25.3 Å². The van der Waals surface area contributed by atoms with Crippen LogP contribution in [0.5, 0.6) is 5.75 Å². The summed E-state index contributed by atoms with van der Waals surface area (Å²) >= 11 is 1.41. The highest BCUT2D eigenvalue weighted by Gasteiger charge is 2.61. The first-order chi connectivity index (χ1) is 25.3. The van der Waals surface area contributed by atoms with Crippen LogP contribution in [-0.2, 0) is 14.4 Å². The number of allylic oxidation sites excluding steroid dienone is 1. The van der Waals surface area contributed by atoms with Crippen LogP contribution in [0.3, 0.4) is 0 Å². The smallest absolute Gasteiger partial charge is 0.330 e. The van der Waals surface area contributed by atoms with Gasteiger partial charge in [0.1, 0.15) is 39.8 Å². The Morgan fingerprint density at radius 1 is 1.04 bits per heavy atom. The highest BCUT2D eigenvalue weighted by atomic mass is 32.1. The number of anilines is 1. The summed E-state index contributed by atoms with van der Waals surface area (Å²) in [5.41, 5.74) is 1.03. The molecule has 4 heterocycles. The summed E-state index contributed by atoms with van der Waals surface area (Å²) in [5.74, 6) is -1.78. The van der Waals surface area contributed by atoms with Crippen LogP contribution in [0.4, 0.5) is 10.5 Å². The minimum absolute atomic E-state index is 0.0623. The van der Waals surface area contributed by atoms with Crippen LogP contribution >= 0.6 is 11.3 Å². The van der Waals surface area contributed by atoms with Crippen molar-refractivity contribution >= 4 is 40.8 Å². The van der Waals surface area contributed by atoms with E-state index in [0.717, 1.165) is 24.8 Å². The van der Waals surface area contributed by atoms with Crippen molar-refractivity contribution in [3.63, 3.8) is 0 Å². The van der Waals surface area contributed by atoms with Crippen LogP contribution < -0.4 is 20.7 Å². The van der Waals surface area contributed by atoms with Gasteiger partial charge in [0.05, 0.1) is 13.2 Å². The van der Waals surface area contributed by atoms with E-state index in [9.17, 15) is 24.3 Å². The first-order valence-corrected chi connectivity index (χ1v) is 18.3. The summed E-state index contributed by atoms with van der Waals surface area (Å²) in [5, 5.41) is 30.9. The topological polar surface area (TPSA) is 181 Å². The Balaban J connectivity index is 1.22. The van der Waals surface area contributed by atoms with Crippen LogP contribution in [0.25, 0.3) is 22.0 Å². The number of thiazole rings is 1. The number of carboxylic acids is 1. The van der Waals surface area contributed by atoms with E-state index < -0.39 is 47.5 Å². The van der Waals surface area contributed by atoms with Crippen molar-refractivity contribution in [2.75, 3.05) is 19.0 Å². The molecule has 4 N–H and O–H groups in total. The number of carbonyl (C=O) groups is 4. The molecule has 1 saturated heterocycles. The number of urea groups is 1. The Kier molecular flexibility index (Phi) is 10.0. The van der Waals surface area contributed by atoms with Gasteiger partial charge in [0, 0.05) is 41.7 Å². The maximum absolute atomic E-state index is 14.5. The number of nitrogens with zero attached hydrogens (tertiary/aromatic N) is 5. The molecule has 4 aromatic rings. The van der Waals surface area contributed by atoms with Gasteiger partial charge >= 0.3 is 12.0 Å². The third-order valence-corrected chi connectivity index (χ3v) is 10.7. The number of aliphatic carboxylic acids is 1. The molecule has 52 heavy (non-hydrogen) atoms. The maximum Gasteiger partial charge on any atom is 0.330 e. The predicted octanol–water partition coefficient (Wildman–Crippen LogP) is 4.89. The molecule has 270 valence electrons. The lowest BCUT2D eigenvalue weighted by Crippen LogP contribution is -2.56. The molecule has 2 aromatic heterocycles. The molecule has 15 heteroatoms. The fourth-order valence-corrected chi connectivity index (χ4v) is 7.63. The zero-order valence-electron chi connectivity index (χ0n) is 28.6. The molecule has 0 spiro atoms. The van der Waals surface area contributed by atoms with Gasteiger partial charge in [0.2, 0.25) is 11.8 Å². The minimum Gasteiger partial charge on any atom is -0.497 e. The van der Waals surface area contributed by atoms with Crippen molar-refractivity contribution < 1.29 is 29.0 Å². The maximum atomic E-state index is 14.5. The van der Waals surface area contributed by atoms with E-state index in [1.807, 2.05) is 47.9 Å². The summed E-state index contributed by atoms with van der Waals surface area (Å²) in [6.07, 6.45) is 9.34. The van der Waals surface area contributed by atoms with Crippen LogP contribution in [-0.4, -0.2) is 85.1 Å². The van der Waals surface area contributed by atoms with Gasteiger partial charge in [0.15, 0.2) is 0 Å². The Bertz CT molecular complexity index is 1950. The van der Waals surface area contributed by atoms with Gasteiger partial charge < -0.3 is 30.7 Å². The lowest BCUT2D eigenvalue weighted by molar-refractivity contribution is -0.145. The molecule has 7 rings (SSSR count). The third kappa shape index (κ3) is 7.26. The van der Waals surface area contributed by atoms with E-state index in [1.165, 1.54) is 21.0 Å². The zero-order chi connectivity index (χ0) is 36.2. The molecule has 4 amide bonds. The van der Waals surface area contributed by atoms with Gasteiger partial charge in [0.25, 0.3) is 0 Å². The fourth-order valence-electron chi connectivity index (χ4n) is 7.01. The Labute approximate surface area is 304 Å². The minimum atomic E-state index is -1.45. The quantitative estimate of drug-likeness (QED) is 0.193. The molecule has 1 saturated carbocycles. The molecule has 0 unspecified atom stereocenters. The summed E-state index contributed by atoms with van der Waals surface area (Å²) in [7, 11) is 1.59. The number of para-hydroxylation sites is 1. The van der Waals surface area contributed by atoms with Gasteiger partial charge in [-0.2, -0.15) is 9.90 Å². The molecule has 0 radical (unpaired) electrons. The monoisotopic (exact) mass is 724 g/mol. The van der Waals surface area contributed by atoms with Crippen molar-refractivity contribution in [1.29, 1.82) is 0 Å². The van der Waals surface area contributed by atoms with Crippen LogP contribution in [0, 0.1) is 5.92 Å². The van der Waals surface area contributed by atoms with E-state index in [1.54, 1.807) is 37.6 Å². The highest BCUT2D eigenvalue weighted by Crippen LogP contribution is 2.46. The number of nitrogens with one attached hydrogen (secondary N) is 3. The standard InChI is InChI=1S/C37H40N8O6S/c1-51-27-16-14-23(15-17-27)30-31(33-38-18-19-52-33)43-45(42-30)26-20-29-32(46)41-37(35(48)49)21-24(37)10-6-3-2-4-9-13-28(34(47)44(29)22-26)40-36(50)39-25-11-7-5-8-12-25/h5-8,10-12,14-19,24,26,28-29H,2-4,9,13,20-22H2,1H3,(H,41,46)(H,48,49)(H2,39,40,50)/t24-,26-,28-,29+,37+/m1/s1. The van der Waals surface area contributed by atoms with Gasteiger partial charge in [-0.1, -0.05) is 43.2 Å². The number of carboxylic acid groups (broad SMARTS) is 1. The second kappa shape index (κ2) is 15.0. The zero-order valence-corrected chi connectivity index (χ0v) is 29.4. The Hall–Kier alpha value is -5.57. The van der Waals surface area contributed by atoms with E-state index >= 15 is 0 Å². The normalized spacial score (nSPS) is 24.8. The number of methoxy groups -OCH3 is 1. The first kappa shape index (κ1) is 34.9. The van der Waals surface area contributed by atoms with E-state index in [2.05, 4.69) is 20.9 Å². The van der Waals surface area contributed by atoms with Gasteiger partial charge in [-0.05, 0) is 62.1 Å².